The normalized spacial score (nSPS) is 19.0. The SMILES string of the molecule is CN1CC(NCC(=O)Nc2ccc(Br)cc2)CCC1=O. The fourth-order valence-electron chi connectivity index (χ4n) is 2.15. The molecule has 0 bridgehead atoms. The largest absolute Gasteiger partial charge is 0.344 e. The lowest BCUT2D eigenvalue weighted by molar-refractivity contribution is -0.132. The van der Waals surface area contributed by atoms with Crippen molar-refractivity contribution in [2.75, 3.05) is 25.5 Å². The van der Waals surface area contributed by atoms with Crippen molar-refractivity contribution in [3.05, 3.63) is 28.7 Å². The summed E-state index contributed by atoms with van der Waals surface area (Å²) in [4.78, 5) is 24.9. The zero-order valence-corrected chi connectivity index (χ0v) is 12.9. The number of nitrogens with one attached hydrogen (secondary N) is 2. The van der Waals surface area contributed by atoms with Gasteiger partial charge in [0.05, 0.1) is 6.54 Å². The molecule has 1 aliphatic rings. The Morgan fingerprint density at radius 2 is 2.10 bits per heavy atom. The Hall–Kier alpha value is -1.40. The van der Waals surface area contributed by atoms with Crippen LogP contribution in [0.25, 0.3) is 0 Å². The fraction of sp³-hybridized carbons (Fsp3) is 0.429. The highest BCUT2D eigenvalue weighted by Gasteiger charge is 2.22. The number of benzene rings is 1. The zero-order valence-electron chi connectivity index (χ0n) is 11.4. The van der Waals surface area contributed by atoms with Crippen LogP contribution >= 0.6 is 15.9 Å². The second kappa shape index (κ2) is 6.85. The summed E-state index contributed by atoms with van der Waals surface area (Å²) in [6, 6.07) is 7.63. The van der Waals surface area contributed by atoms with Gasteiger partial charge in [-0.1, -0.05) is 15.9 Å². The second-order valence-corrected chi connectivity index (χ2v) is 5.86. The number of hydrogen-bond donors (Lipinski definition) is 2. The number of rotatable bonds is 4. The van der Waals surface area contributed by atoms with Crippen LogP contribution in [0.5, 0.6) is 0 Å². The fourth-order valence-corrected chi connectivity index (χ4v) is 2.42. The summed E-state index contributed by atoms with van der Waals surface area (Å²) in [6.07, 6.45) is 1.33. The molecule has 0 saturated carbocycles. The van der Waals surface area contributed by atoms with Crippen LogP contribution in [-0.2, 0) is 9.59 Å². The van der Waals surface area contributed by atoms with E-state index >= 15 is 0 Å². The molecule has 108 valence electrons. The van der Waals surface area contributed by atoms with Gasteiger partial charge >= 0.3 is 0 Å². The molecule has 1 fully saturated rings. The summed E-state index contributed by atoms with van der Waals surface area (Å²) in [5.74, 6) is 0.0919. The highest BCUT2D eigenvalue weighted by Crippen LogP contribution is 2.14. The zero-order chi connectivity index (χ0) is 14.5. The van der Waals surface area contributed by atoms with Crippen LogP contribution in [0.4, 0.5) is 5.69 Å². The van der Waals surface area contributed by atoms with Crippen LogP contribution in [0.15, 0.2) is 28.7 Å². The molecule has 1 aliphatic heterocycles. The number of hydrogen-bond acceptors (Lipinski definition) is 3. The number of likely N-dealkylation sites (N-methyl/N-ethyl adjacent to an activating group) is 1. The van der Waals surface area contributed by atoms with Crippen LogP contribution in [0.3, 0.4) is 0 Å². The van der Waals surface area contributed by atoms with Crippen molar-refractivity contribution < 1.29 is 9.59 Å². The van der Waals surface area contributed by atoms with E-state index in [1.54, 1.807) is 11.9 Å². The quantitative estimate of drug-likeness (QED) is 0.875. The molecule has 0 radical (unpaired) electrons. The molecule has 0 aliphatic carbocycles. The molecule has 1 aromatic carbocycles. The minimum Gasteiger partial charge on any atom is -0.344 e. The summed E-state index contributed by atoms with van der Waals surface area (Å²) in [5, 5.41) is 6.01. The van der Waals surface area contributed by atoms with E-state index in [1.165, 1.54) is 0 Å². The number of nitrogens with zero attached hydrogens (tertiary/aromatic N) is 1. The maximum atomic E-state index is 11.8. The number of halogens is 1. The van der Waals surface area contributed by atoms with Gasteiger partial charge in [0.1, 0.15) is 0 Å². The topological polar surface area (TPSA) is 61.4 Å². The van der Waals surface area contributed by atoms with Gasteiger partial charge in [0.15, 0.2) is 0 Å². The van der Waals surface area contributed by atoms with Gasteiger partial charge in [0.25, 0.3) is 0 Å². The third-order valence-electron chi connectivity index (χ3n) is 3.31. The van der Waals surface area contributed by atoms with Crippen molar-refractivity contribution in [3.8, 4) is 0 Å². The maximum Gasteiger partial charge on any atom is 0.238 e. The van der Waals surface area contributed by atoms with E-state index in [0.29, 0.717) is 13.0 Å². The minimum absolute atomic E-state index is 0.0770. The van der Waals surface area contributed by atoms with E-state index in [9.17, 15) is 9.59 Å². The van der Waals surface area contributed by atoms with Crippen molar-refractivity contribution in [2.24, 2.45) is 0 Å². The van der Waals surface area contributed by atoms with E-state index in [2.05, 4.69) is 26.6 Å². The lowest BCUT2D eigenvalue weighted by Gasteiger charge is -2.30. The summed E-state index contributed by atoms with van der Waals surface area (Å²) in [6.45, 7) is 0.910. The van der Waals surface area contributed by atoms with Crippen molar-refractivity contribution in [3.63, 3.8) is 0 Å². The van der Waals surface area contributed by atoms with Gasteiger partial charge in [0, 0.05) is 36.2 Å². The lowest BCUT2D eigenvalue weighted by atomic mass is 10.1. The standard InChI is InChI=1S/C14H18BrN3O2/c1-18-9-12(6-7-14(18)20)16-8-13(19)17-11-4-2-10(15)3-5-11/h2-5,12,16H,6-9H2,1H3,(H,17,19). The molecule has 5 nitrogen and oxygen atoms in total. The van der Waals surface area contributed by atoms with Crippen molar-refractivity contribution in [2.45, 2.75) is 18.9 Å². The molecule has 1 atom stereocenters. The monoisotopic (exact) mass is 339 g/mol. The highest BCUT2D eigenvalue weighted by atomic mass is 79.9. The number of piperidine rings is 1. The van der Waals surface area contributed by atoms with Gasteiger partial charge < -0.3 is 15.5 Å². The number of likely N-dealkylation sites (tertiary alicyclic amines) is 1. The van der Waals surface area contributed by atoms with Gasteiger partial charge in [-0.15, -0.1) is 0 Å². The van der Waals surface area contributed by atoms with Gasteiger partial charge in [-0.2, -0.15) is 0 Å². The lowest BCUT2D eigenvalue weighted by Crippen LogP contribution is -2.48. The molecular weight excluding hydrogens is 322 g/mol. The minimum atomic E-state index is -0.0770. The predicted octanol–water partition coefficient (Wildman–Crippen LogP) is 1.60. The Kier molecular flexibility index (Phi) is 5.14. The van der Waals surface area contributed by atoms with E-state index in [1.807, 2.05) is 24.3 Å². The molecule has 2 rings (SSSR count). The van der Waals surface area contributed by atoms with Crippen molar-refractivity contribution >= 4 is 33.4 Å². The summed E-state index contributed by atoms with van der Waals surface area (Å²) in [7, 11) is 1.79. The van der Waals surface area contributed by atoms with Gasteiger partial charge in [-0.25, -0.2) is 0 Å². The van der Waals surface area contributed by atoms with Crippen molar-refractivity contribution in [1.29, 1.82) is 0 Å². The molecule has 1 aromatic rings. The van der Waals surface area contributed by atoms with Crippen LogP contribution in [0, 0.1) is 0 Å². The third-order valence-corrected chi connectivity index (χ3v) is 3.83. The smallest absolute Gasteiger partial charge is 0.238 e. The van der Waals surface area contributed by atoms with E-state index in [4.69, 9.17) is 0 Å². The van der Waals surface area contributed by atoms with Crippen LogP contribution < -0.4 is 10.6 Å². The van der Waals surface area contributed by atoms with Crippen LogP contribution in [0.2, 0.25) is 0 Å². The van der Waals surface area contributed by atoms with E-state index in [0.717, 1.165) is 16.6 Å². The first kappa shape index (κ1) is 15.0. The van der Waals surface area contributed by atoms with E-state index < -0.39 is 0 Å². The van der Waals surface area contributed by atoms with Crippen LogP contribution in [-0.4, -0.2) is 42.9 Å². The second-order valence-electron chi connectivity index (χ2n) is 4.95. The van der Waals surface area contributed by atoms with E-state index in [-0.39, 0.29) is 24.4 Å². The maximum absolute atomic E-state index is 11.8. The third kappa shape index (κ3) is 4.31. The number of anilines is 1. The first-order chi connectivity index (χ1) is 9.54. The van der Waals surface area contributed by atoms with Gasteiger partial charge in [-0.3, -0.25) is 9.59 Å². The Morgan fingerprint density at radius 1 is 1.40 bits per heavy atom. The molecule has 2 N–H and O–H groups in total. The van der Waals surface area contributed by atoms with Gasteiger partial charge in [-0.05, 0) is 30.7 Å². The molecule has 2 amide bonds. The Morgan fingerprint density at radius 3 is 2.75 bits per heavy atom. The molecule has 1 heterocycles. The number of carbonyl (C=O) groups excluding carboxylic acids is 2. The molecule has 20 heavy (non-hydrogen) atoms. The first-order valence-corrected chi connectivity index (χ1v) is 7.36. The average molecular weight is 340 g/mol. The van der Waals surface area contributed by atoms with Crippen molar-refractivity contribution in [1.82, 2.24) is 10.2 Å². The average Bonchev–Trinajstić information content (AvgIpc) is 2.43. The number of amides is 2. The Balaban J connectivity index is 1.75. The Labute approximate surface area is 126 Å². The highest BCUT2D eigenvalue weighted by molar-refractivity contribution is 9.10. The molecule has 0 aromatic heterocycles. The first-order valence-electron chi connectivity index (χ1n) is 6.57. The summed E-state index contributed by atoms with van der Waals surface area (Å²) >= 11 is 3.35. The van der Waals surface area contributed by atoms with Gasteiger partial charge in [0.2, 0.25) is 11.8 Å². The Bertz CT molecular complexity index is 490. The van der Waals surface area contributed by atoms with Crippen LogP contribution in [0.1, 0.15) is 12.8 Å². The summed E-state index contributed by atoms with van der Waals surface area (Å²) in [5.41, 5.74) is 0.774. The molecule has 6 heteroatoms. The summed E-state index contributed by atoms with van der Waals surface area (Å²) < 4.78 is 0.975. The molecule has 1 saturated heterocycles. The number of carbonyl (C=O) groups is 2. The molecule has 0 spiro atoms. The predicted molar refractivity (Wildman–Crippen MR) is 81.4 cm³/mol. The molecule has 1 unspecified atom stereocenters. The molecular formula is C14H18BrN3O2.